The molecule has 0 N–H and O–H groups in total. The molecule has 0 aliphatic carbocycles. The quantitative estimate of drug-likeness (QED) is 0.0441. The molecule has 19 aromatic carbocycles. The van der Waals surface area contributed by atoms with Crippen molar-refractivity contribution in [2.45, 2.75) is 10.8 Å². The number of anilines is 12. The zero-order valence-corrected chi connectivity index (χ0v) is 68.3. The van der Waals surface area contributed by atoms with Crippen molar-refractivity contribution >= 4 is 97.1 Å². The average Bonchev–Trinajstić information content (AvgIpc) is 0.741. The first-order valence-electron chi connectivity index (χ1n) is 41.5. The second-order valence-electron chi connectivity index (χ2n) is 30.2. The fourth-order valence-electron chi connectivity index (χ4n) is 18.0. The van der Waals surface area contributed by atoms with Gasteiger partial charge in [-0.2, -0.15) is 0 Å². The predicted octanol–water partition coefficient (Wildman–Crippen LogP) is 27.4. The van der Waals surface area contributed by atoms with Crippen molar-refractivity contribution < 1.29 is 0 Å². The van der Waals surface area contributed by atoms with Crippen molar-refractivity contribution in [2.75, 3.05) is 19.6 Å². The van der Waals surface area contributed by atoms with Crippen LogP contribution < -0.4 is 40.3 Å². The van der Waals surface area contributed by atoms with Crippen LogP contribution in [-0.4, -0.2) is 8.07 Å². The van der Waals surface area contributed by atoms with Crippen LogP contribution in [-0.2, 0) is 10.8 Å². The van der Waals surface area contributed by atoms with E-state index in [0.717, 1.165) is 68.2 Å². The smallest absolute Gasteiger partial charge is 0.179 e. The average molecular weight is 1570 g/mol. The first-order chi connectivity index (χ1) is 60.1. The normalized spacial score (nSPS) is 11.3. The summed E-state index contributed by atoms with van der Waals surface area (Å²) in [5.74, 6) is 0. The molecule has 0 heterocycles. The molecule has 5 heteroatoms. The highest BCUT2D eigenvalue weighted by Crippen LogP contribution is 2.50. The van der Waals surface area contributed by atoms with Gasteiger partial charge in [-0.15, -0.1) is 0 Å². The molecule has 4 nitrogen and oxygen atoms in total. The van der Waals surface area contributed by atoms with Gasteiger partial charge < -0.3 is 19.6 Å². The summed E-state index contributed by atoms with van der Waals surface area (Å²) in [7, 11) is -2.79. The van der Waals surface area contributed by atoms with Crippen LogP contribution in [0.3, 0.4) is 0 Å². The van der Waals surface area contributed by atoms with Crippen LogP contribution in [0.4, 0.5) is 68.2 Å². The Bertz CT molecular complexity index is 5890. The Labute approximate surface area is 713 Å². The summed E-state index contributed by atoms with van der Waals surface area (Å²) in [5, 5.41) is 5.36. The van der Waals surface area contributed by atoms with E-state index in [1.807, 2.05) is 0 Å². The molecule has 0 spiro atoms. The summed E-state index contributed by atoms with van der Waals surface area (Å²) in [4.78, 5) is 9.43. The summed E-state index contributed by atoms with van der Waals surface area (Å²) < 4.78 is 0. The zero-order chi connectivity index (χ0) is 81.3. The second kappa shape index (κ2) is 36.0. The van der Waals surface area contributed by atoms with E-state index in [1.165, 1.54) is 65.3 Å². The van der Waals surface area contributed by atoms with E-state index in [-0.39, 0.29) is 0 Å². The molecule has 19 aromatic rings. The minimum Gasteiger partial charge on any atom is -0.311 e. The van der Waals surface area contributed by atoms with Gasteiger partial charge in [-0.3, -0.25) is 0 Å². The van der Waals surface area contributed by atoms with Crippen LogP contribution in [0.5, 0.6) is 0 Å². The van der Waals surface area contributed by atoms with Gasteiger partial charge in [0.05, 0.1) is 10.8 Å². The predicted molar refractivity (Wildman–Crippen MR) is 512 cm³/mol. The summed E-state index contributed by atoms with van der Waals surface area (Å²) in [6.45, 7) is 0. The zero-order valence-electron chi connectivity index (χ0n) is 67.3. The Balaban J connectivity index is 0.000000174. The third-order valence-electron chi connectivity index (χ3n) is 23.3. The summed E-state index contributed by atoms with van der Waals surface area (Å²) in [5.41, 5.74) is 21.6. The molecule has 0 aliphatic rings. The van der Waals surface area contributed by atoms with Crippen molar-refractivity contribution in [3.8, 4) is 0 Å². The number of para-hydroxylation sites is 5. The minimum absolute atomic E-state index is 0.544. The Morgan fingerprint density at radius 3 is 0.488 bits per heavy atom. The molecule has 0 aromatic heterocycles. The Morgan fingerprint density at radius 2 is 0.264 bits per heavy atom. The lowest BCUT2D eigenvalue weighted by Gasteiger charge is -2.37. The van der Waals surface area contributed by atoms with Crippen LogP contribution in [0.1, 0.15) is 44.5 Å². The Kier molecular flexibility index (Phi) is 22.9. The Morgan fingerprint density at radius 1 is 0.116 bits per heavy atom. The third kappa shape index (κ3) is 15.5. The highest BCUT2D eigenvalue weighted by Gasteiger charge is 2.43. The fourth-order valence-corrected chi connectivity index (χ4v) is 22.8. The maximum Gasteiger partial charge on any atom is 0.179 e. The van der Waals surface area contributed by atoms with Crippen molar-refractivity contribution in [1.29, 1.82) is 0 Å². The molecule has 0 atom stereocenters. The number of hydrogen-bond acceptors (Lipinski definition) is 4. The van der Waals surface area contributed by atoms with Crippen molar-refractivity contribution in [1.82, 2.24) is 0 Å². The maximum absolute atomic E-state index is 2.79. The monoisotopic (exact) mass is 1570 g/mol. The van der Waals surface area contributed by atoms with Crippen LogP contribution >= 0.6 is 0 Å². The highest BCUT2D eigenvalue weighted by atomic mass is 28.3. The molecule has 0 saturated heterocycles. The van der Waals surface area contributed by atoms with Gasteiger partial charge in [0.15, 0.2) is 8.07 Å². The van der Waals surface area contributed by atoms with Gasteiger partial charge >= 0.3 is 0 Å². The molecule has 0 unspecified atom stereocenters. The molecule has 121 heavy (non-hydrogen) atoms. The lowest BCUT2D eigenvalue weighted by Crippen LogP contribution is -2.74. The fraction of sp³-hybridized carbons (Fsp3) is 0.0172. The van der Waals surface area contributed by atoms with Crippen LogP contribution in [0.25, 0.3) is 0 Å². The van der Waals surface area contributed by atoms with Crippen molar-refractivity contribution in [3.63, 3.8) is 0 Å². The highest BCUT2D eigenvalue weighted by molar-refractivity contribution is 7.20. The summed E-state index contributed by atoms with van der Waals surface area (Å²) in [6, 6.07) is 198. The van der Waals surface area contributed by atoms with Crippen LogP contribution in [0.15, 0.2) is 546 Å². The van der Waals surface area contributed by atoms with E-state index >= 15 is 0 Å². The molecule has 19 rings (SSSR count). The first-order valence-corrected chi connectivity index (χ1v) is 43.5. The van der Waals surface area contributed by atoms with Gasteiger partial charge in [0, 0.05) is 68.2 Å². The van der Waals surface area contributed by atoms with Gasteiger partial charge in [-0.1, -0.05) is 400 Å². The molecular formula is C116H90N4Si. The van der Waals surface area contributed by atoms with E-state index < -0.39 is 18.9 Å². The van der Waals surface area contributed by atoms with E-state index in [9.17, 15) is 0 Å². The molecule has 0 amide bonds. The molecule has 578 valence electrons. The van der Waals surface area contributed by atoms with E-state index in [2.05, 4.69) is 566 Å². The number of rotatable bonds is 24. The Hall–Kier alpha value is -15.4. The van der Waals surface area contributed by atoms with Crippen LogP contribution in [0.2, 0.25) is 0 Å². The minimum atomic E-state index is -2.79. The van der Waals surface area contributed by atoms with Gasteiger partial charge in [0.25, 0.3) is 0 Å². The third-order valence-corrected chi connectivity index (χ3v) is 28.1. The molecule has 0 saturated carbocycles. The maximum atomic E-state index is 2.44. The second-order valence-corrected chi connectivity index (χ2v) is 34.1. The topological polar surface area (TPSA) is 13.0 Å². The van der Waals surface area contributed by atoms with Gasteiger partial charge in [0.2, 0.25) is 0 Å². The SMILES string of the molecule is c1ccc(N(c2ccc(N(c3ccccc3)c3cccc([Si](c4ccccc4)(c4ccccc4)c4ccccc4)c3)cc2)c2cccc(C(c3ccccc3)(c3ccccc3)c3ccccc3)c2)cc1.c1ccc(N(c2ccccc2)c2ccc(N(c3ccccc3)c3cccc(C(c4ccccc4)(c4ccccc4)c4ccccc4)c3)cc2)cc1. The summed E-state index contributed by atoms with van der Waals surface area (Å²) >= 11 is 0. The van der Waals surface area contributed by atoms with Crippen molar-refractivity contribution in [3.05, 3.63) is 590 Å². The standard InChI is InChI=1S/C67H52N2Si.C49H38N2/c1-9-27-53(28-10-1)67(54-29-11-2-12-30-54,55-31-13-3-14-32-55)56-33-25-38-61(51-56)68(57-34-15-4-16-35-57)59-47-49-60(50-48-59)69(58-36-17-5-18-37-58)62-39-26-46-66(52-62)70(63-40-19-6-20-41-63,64-42-21-7-22-43-64)65-44-23-8-24-45-65;1-7-20-39(21-8-1)49(40-22-9-2-10-23-40,41-24-11-3-12-25-41)42-26-19-33-48(38-42)51(45-31-17-6-18-32-45)47-36-34-46(35-37-47)50(43-27-13-4-14-28-43)44-29-15-5-16-30-44/h1-52H;1-38H. The molecule has 0 aliphatic heterocycles. The lowest BCUT2D eigenvalue weighted by molar-refractivity contribution is 0.745. The molecule has 0 radical (unpaired) electrons. The summed E-state index contributed by atoms with van der Waals surface area (Å²) in [6.07, 6.45) is 0. The van der Waals surface area contributed by atoms with E-state index in [1.54, 1.807) is 0 Å². The number of nitrogens with zero attached hydrogens (tertiary/aromatic N) is 4. The van der Waals surface area contributed by atoms with Gasteiger partial charge in [0.1, 0.15) is 0 Å². The molecular weight excluding hydrogens is 1480 g/mol. The van der Waals surface area contributed by atoms with Gasteiger partial charge in [-0.25, -0.2) is 0 Å². The van der Waals surface area contributed by atoms with Crippen molar-refractivity contribution in [2.24, 2.45) is 0 Å². The van der Waals surface area contributed by atoms with Crippen LogP contribution in [0, 0.1) is 0 Å². The largest absolute Gasteiger partial charge is 0.311 e. The lowest BCUT2D eigenvalue weighted by atomic mass is 9.65. The number of hydrogen-bond donors (Lipinski definition) is 0. The molecule has 0 fully saturated rings. The first kappa shape index (κ1) is 76.9. The van der Waals surface area contributed by atoms with E-state index in [4.69, 9.17) is 0 Å². The van der Waals surface area contributed by atoms with Gasteiger partial charge in [-0.05, 0) is 211 Å². The number of benzene rings is 19. The molecule has 0 bridgehead atoms. The van der Waals surface area contributed by atoms with E-state index in [0.29, 0.717) is 0 Å².